The Morgan fingerprint density at radius 3 is 2.86 bits per heavy atom. The monoisotopic (exact) mass is 272 g/mol. The normalized spacial score (nSPS) is 13.6. The first-order valence-corrected chi connectivity index (χ1v) is 6.93. The molecule has 100 valence electrons. The molecule has 0 N–H and O–H groups in total. The topological polar surface area (TPSA) is 49.8 Å². The van der Waals surface area contributed by atoms with Gasteiger partial charge in [0, 0.05) is 28.3 Å². The van der Waals surface area contributed by atoms with E-state index in [1.165, 1.54) is 5.56 Å². The first-order valence-electron chi connectivity index (χ1n) is 6.93. The number of nitriles is 1. The van der Waals surface area contributed by atoms with Crippen molar-refractivity contribution in [3.63, 3.8) is 0 Å². The van der Waals surface area contributed by atoms with Crippen molar-refractivity contribution < 1.29 is 4.42 Å². The molecule has 1 aliphatic carbocycles. The van der Waals surface area contributed by atoms with Gasteiger partial charge in [0.2, 0.25) is 0 Å². The first kappa shape index (κ1) is 11.9. The molecule has 0 radical (unpaired) electrons. The number of pyridine rings is 1. The van der Waals surface area contributed by atoms with Gasteiger partial charge in [0.15, 0.2) is 0 Å². The van der Waals surface area contributed by atoms with Gasteiger partial charge < -0.3 is 4.42 Å². The summed E-state index contributed by atoms with van der Waals surface area (Å²) in [6.07, 6.45) is 5.28. The Morgan fingerprint density at radius 1 is 1.10 bits per heavy atom. The van der Waals surface area contributed by atoms with E-state index in [0.717, 1.165) is 46.4 Å². The van der Waals surface area contributed by atoms with E-state index in [4.69, 9.17) is 9.68 Å². The number of aromatic nitrogens is 1. The highest BCUT2D eigenvalue weighted by atomic mass is 16.3. The molecule has 1 aromatic carbocycles. The quantitative estimate of drug-likeness (QED) is 0.661. The summed E-state index contributed by atoms with van der Waals surface area (Å²) < 4.78 is 6.04. The molecule has 0 saturated heterocycles. The molecule has 0 atom stereocenters. The van der Waals surface area contributed by atoms with E-state index in [1.54, 1.807) is 6.20 Å². The summed E-state index contributed by atoms with van der Waals surface area (Å²) in [5, 5.41) is 10.2. The molecular weight excluding hydrogens is 260 g/mol. The van der Waals surface area contributed by atoms with Crippen LogP contribution in [0.5, 0.6) is 0 Å². The highest BCUT2D eigenvalue weighted by Crippen LogP contribution is 2.37. The van der Waals surface area contributed by atoms with Crippen LogP contribution in [0.3, 0.4) is 0 Å². The predicted octanol–water partition coefficient (Wildman–Crippen LogP) is 4.35. The molecule has 0 aliphatic heterocycles. The molecule has 0 bridgehead atoms. The second kappa shape index (κ2) is 4.60. The van der Waals surface area contributed by atoms with Gasteiger partial charge in [-0.1, -0.05) is 18.2 Å². The third-order valence-electron chi connectivity index (χ3n) is 3.88. The van der Waals surface area contributed by atoms with Crippen molar-refractivity contribution in [1.82, 2.24) is 4.98 Å². The van der Waals surface area contributed by atoms with Crippen molar-refractivity contribution in [3.05, 3.63) is 59.5 Å². The fourth-order valence-electron chi connectivity index (χ4n) is 2.87. The Bertz CT molecular complexity index is 898. The maximum atomic E-state index is 9.05. The van der Waals surface area contributed by atoms with Crippen molar-refractivity contribution in [3.8, 4) is 17.3 Å². The maximum absolute atomic E-state index is 9.05. The van der Waals surface area contributed by atoms with Crippen molar-refractivity contribution in [2.24, 2.45) is 0 Å². The van der Waals surface area contributed by atoms with Crippen LogP contribution in [-0.2, 0) is 6.42 Å². The van der Waals surface area contributed by atoms with E-state index >= 15 is 0 Å². The van der Waals surface area contributed by atoms with E-state index in [2.05, 4.69) is 17.1 Å². The zero-order valence-corrected chi connectivity index (χ0v) is 11.3. The smallest absolute Gasteiger partial charge is 0.144 e. The molecule has 2 aromatic heterocycles. The minimum Gasteiger partial charge on any atom is -0.456 e. The third kappa shape index (κ3) is 1.85. The van der Waals surface area contributed by atoms with E-state index in [-0.39, 0.29) is 0 Å². The zero-order valence-electron chi connectivity index (χ0n) is 11.3. The molecule has 4 rings (SSSR count). The molecular formula is C18H12N2O. The van der Waals surface area contributed by atoms with E-state index < -0.39 is 0 Å². The van der Waals surface area contributed by atoms with Gasteiger partial charge in [-0.05, 0) is 37.1 Å². The number of hydrogen-bond acceptors (Lipinski definition) is 3. The molecule has 0 saturated carbocycles. The molecule has 0 spiro atoms. The van der Waals surface area contributed by atoms with Crippen LogP contribution in [0.2, 0.25) is 0 Å². The van der Waals surface area contributed by atoms with Gasteiger partial charge in [-0.15, -0.1) is 0 Å². The Kier molecular flexibility index (Phi) is 2.61. The molecule has 3 nitrogen and oxygen atoms in total. The summed E-state index contributed by atoms with van der Waals surface area (Å²) in [7, 11) is 0. The number of rotatable bonds is 1. The van der Waals surface area contributed by atoms with Gasteiger partial charge in [0.05, 0.1) is 11.8 Å². The molecule has 1 aliphatic rings. The van der Waals surface area contributed by atoms with Crippen LogP contribution in [0, 0.1) is 11.3 Å². The van der Waals surface area contributed by atoms with E-state index in [9.17, 15) is 0 Å². The summed E-state index contributed by atoms with van der Waals surface area (Å²) in [4.78, 5) is 4.41. The van der Waals surface area contributed by atoms with E-state index in [1.807, 2.05) is 36.4 Å². The largest absolute Gasteiger partial charge is 0.456 e. The van der Waals surface area contributed by atoms with Crippen LogP contribution < -0.4 is 0 Å². The highest BCUT2D eigenvalue weighted by Gasteiger charge is 2.20. The number of fused-ring (bicyclic) bond motifs is 3. The number of para-hydroxylation sites is 1. The van der Waals surface area contributed by atoms with Crippen LogP contribution in [-0.4, -0.2) is 4.98 Å². The van der Waals surface area contributed by atoms with Crippen LogP contribution in [0.4, 0.5) is 0 Å². The Balaban J connectivity index is 1.99. The average Bonchev–Trinajstić information content (AvgIpc) is 2.93. The maximum Gasteiger partial charge on any atom is 0.144 e. The molecule has 3 aromatic rings. The lowest BCUT2D eigenvalue weighted by molar-refractivity contribution is 0.595. The molecule has 21 heavy (non-hydrogen) atoms. The lowest BCUT2D eigenvalue weighted by Gasteiger charge is -2.05. The van der Waals surface area contributed by atoms with Gasteiger partial charge in [-0.3, -0.25) is 4.98 Å². The summed E-state index contributed by atoms with van der Waals surface area (Å²) in [6.45, 7) is 0. The van der Waals surface area contributed by atoms with E-state index in [0.29, 0.717) is 0 Å². The molecule has 2 heterocycles. The summed E-state index contributed by atoms with van der Waals surface area (Å²) in [6, 6.07) is 14.2. The van der Waals surface area contributed by atoms with Gasteiger partial charge in [-0.2, -0.15) is 5.26 Å². The Morgan fingerprint density at radius 2 is 2.05 bits per heavy atom. The fourth-order valence-corrected chi connectivity index (χ4v) is 2.87. The number of furan rings is 1. The van der Waals surface area contributed by atoms with Gasteiger partial charge in [-0.25, -0.2) is 0 Å². The number of nitrogens with zero attached hydrogens (tertiary/aromatic N) is 2. The summed E-state index contributed by atoms with van der Waals surface area (Å²) in [5.41, 5.74) is 4.73. The number of benzene rings is 1. The second-order valence-corrected chi connectivity index (χ2v) is 5.12. The summed E-state index contributed by atoms with van der Waals surface area (Å²) >= 11 is 0. The summed E-state index contributed by atoms with van der Waals surface area (Å²) in [5.74, 6) is 0.816. The highest BCUT2D eigenvalue weighted by molar-refractivity contribution is 5.95. The SMILES string of the molecule is N#CC1=Cc2oc3c(-c4ccccn4)cccc3c2CC1. The molecule has 0 amide bonds. The Labute approximate surface area is 122 Å². The van der Waals surface area contributed by atoms with Gasteiger partial charge >= 0.3 is 0 Å². The lowest BCUT2D eigenvalue weighted by Crippen LogP contribution is -1.94. The van der Waals surface area contributed by atoms with Gasteiger partial charge in [0.25, 0.3) is 0 Å². The molecule has 0 unspecified atom stereocenters. The number of aryl methyl sites for hydroxylation is 1. The average molecular weight is 272 g/mol. The number of hydrogen-bond donors (Lipinski definition) is 0. The number of allylic oxidation sites excluding steroid dienone is 1. The minimum atomic E-state index is 0.779. The first-order chi connectivity index (χ1) is 10.4. The van der Waals surface area contributed by atoms with Crippen LogP contribution in [0.1, 0.15) is 17.7 Å². The fraction of sp³-hybridized carbons (Fsp3) is 0.111. The minimum absolute atomic E-state index is 0.779. The third-order valence-corrected chi connectivity index (χ3v) is 3.88. The standard InChI is InChI=1S/C18H12N2O/c19-11-12-7-8-13-14-4-3-5-15(16-6-1-2-9-20-16)18(14)21-17(13)10-12/h1-6,9-10H,7-8H2. The van der Waals surface area contributed by atoms with Crippen molar-refractivity contribution >= 4 is 17.0 Å². The van der Waals surface area contributed by atoms with Crippen molar-refractivity contribution in [2.45, 2.75) is 12.8 Å². The van der Waals surface area contributed by atoms with Crippen molar-refractivity contribution in [1.29, 1.82) is 5.26 Å². The molecule has 3 heteroatoms. The molecule has 0 fully saturated rings. The zero-order chi connectivity index (χ0) is 14.2. The van der Waals surface area contributed by atoms with Crippen LogP contribution in [0.25, 0.3) is 28.3 Å². The lowest BCUT2D eigenvalue weighted by atomic mass is 9.95. The van der Waals surface area contributed by atoms with Crippen LogP contribution >= 0.6 is 0 Å². The Hall–Kier alpha value is -2.86. The van der Waals surface area contributed by atoms with Gasteiger partial charge in [0.1, 0.15) is 11.3 Å². The second-order valence-electron chi connectivity index (χ2n) is 5.12. The van der Waals surface area contributed by atoms with Crippen LogP contribution in [0.15, 0.2) is 52.6 Å². The van der Waals surface area contributed by atoms with Crippen molar-refractivity contribution in [2.75, 3.05) is 0 Å². The predicted molar refractivity (Wildman–Crippen MR) is 81.4 cm³/mol.